The van der Waals surface area contributed by atoms with Gasteiger partial charge in [0.05, 0.1) is 27.9 Å². The van der Waals surface area contributed by atoms with Crippen molar-refractivity contribution in [2.75, 3.05) is 0 Å². The summed E-state index contributed by atoms with van der Waals surface area (Å²) in [7, 11) is 0. The fourth-order valence-electron chi connectivity index (χ4n) is 8.01. The lowest BCUT2D eigenvalue weighted by molar-refractivity contribution is 0.630. The third kappa shape index (κ3) is 3.32. The van der Waals surface area contributed by atoms with Crippen molar-refractivity contribution in [1.82, 2.24) is 14.5 Å². The zero-order valence-electron chi connectivity index (χ0n) is 25.6. The van der Waals surface area contributed by atoms with Crippen molar-refractivity contribution in [2.24, 2.45) is 0 Å². The van der Waals surface area contributed by atoms with E-state index in [0.717, 1.165) is 33.5 Å². The normalized spacial score (nSPS) is 13.6. The molecule has 46 heavy (non-hydrogen) atoms. The summed E-state index contributed by atoms with van der Waals surface area (Å²) in [6.45, 7) is 4.72. The number of hydrogen-bond donors (Lipinski definition) is 0. The summed E-state index contributed by atoms with van der Waals surface area (Å²) >= 11 is 0. The molecule has 3 nitrogen and oxygen atoms in total. The van der Waals surface area contributed by atoms with Crippen LogP contribution in [0.2, 0.25) is 0 Å². The smallest absolute Gasteiger partial charge is 0.160 e. The summed E-state index contributed by atoms with van der Waals surface area (Å²) in [4.78, 5) is 10.3. The SMILES string of the molecule is CC1(C)c2cc(-c3nc(-c4ccccc4)c4ccccc4n3)ccc2-n2c3c1cccc3c1c3ccccc3c3ccccc3c12. The molecule has 3 heteroatoms. The highest BCUT2D eigenvalue weighted by Gasteiger charge is 2.36. The van der Waals surface area contributed by atoms with Gasteiger partial charge in [0.15, 0.2) is 5.82 Å². The number of rotatable bonds is 2. The van der Waals surface area contributed by atoms with Gasteiger partial charge in [-0.1, -0.05) is 129 Å². The van der Waals surface area contributed by atoms with Gasteiger partial charge in [-0.15, -0.1) is 0 Å². The van der Waals surface area contributed by atoms with Crippen LogP contribution >= 0.6 is 0 Å². The van der Waals surface area contributed by atoms with Gasteiger partial charge >= 0.3 is 0 Å². The van der Waals surface area contributed by atoms with Crippen LogP contribution in [0.3, 0.4) is 0 Å². The summed E-state index contributed by atoms with van der Waals surface area (Å²) in [5, 5.41) is 8.85. The Kier molecular flexibility index (Phi) is 5.06. The first-order valence-electron chi connectivity index (χ1n) is 15.9. The first kappa shape index (κ1) is 25.5. The molecule has 1 aliphatic heterocycles. The third-order valence-electron chi connectivity index (χ3n) is 10.2. The summed E-state index contributed by atoms with van der Waals surface area (Å²) in [5.74, 6) is 0.744. The Morgan fingerprint density at radius 1 is 0.478 bits per heavy atom. The van der Waals surface area contributed by atoms with Gasteiger partial charge in [0, 0.05) is 38.1 Å². The first-order valence-corrected chi connectivity index (χ1v) is 15.9. The lowest BCUT2D eigenvalue weighted by Gasteiger charge is -2.35. The molecule has 0 amide bonds. The molecule has 0 N–H and O–H groups in total. The van der Waals surface area contributed by atoms with E-state index in [9.17, 15) is 0 Å². The predicted molar refractivity (Wildman–Crippen MR) is 192 cm³/mol. The van der Waals surface area contributed by atoms with Crippen molar-refractivity contribution < 1.29 is 0 Å². The molecule has 216 valence electrons. The molecular formula is C43H29N3. The van der Waals surface area contributed by atoms with Crippen molar-refractivity contribution in [3.8, 4) is 28.3 Å². The molecule has 1 aliphatic rings. The average molecular weight is 588 g/mol. The molecule has 9 aromatic rings. The molecule has 0 radical (unpaired) electrons. The van der Waals surface area contributed by atoms with Gasteiger partial charge in [0.1, 0.15) is 0 Å². The van der Waals surface area contributed by atoms with E-state index in [1.807, 2.05) is 6.07 Å². The molecule has 0 aliphatic carbocycles. The predicted octanol–water partition coefficient (Wildman–Crippen LogP) is 11.0. The van der Waals surface area contributed by atoms with Crippen LogP contribution in [0.1, 0.15) is 25.0 Å². The number of aromatic nitrogens is 3. The first-order chi connectivity index (χ1) is 22.6. The molecule has 0 atom stereocenters. The molecule has 0 bridgehead atoms. The number of nitrogens with zero attached hydrogens (tertiary/aromatic N) is 3. The monoisotopic (exact) mass is 587 g/mol. The van der Waals surface area contributed by atoms with Gasteiger partial charge in [0.2, 0.25) is 0 Å². The zero-order valence-corrected chi connectivity index (χ0v) is 25.6. The summed E-state index contributed by atoms with van der Waals surface area (Å²) < 4.78 is 2.54. The summed E-state index contributed by atoms with van der Waals surface area (Å²) in [5.41, 5.74) is 10.2. The zero-order chi connectivity index (χ0) is 30.6. The molecule has 10 rings (SSSR count). The minimum Gasteiger partial charge on any atom is -0.308 e. The van der Waals surface area contributed by atoms with E-state index in [4.69, 9.17) is 9.97 Å². The van der Waals surface area contributed by atoms with Crippen molar-refractivity contribution in [3.63, 3.8) is 0 Å². The summed E-state index contributed by atoms with van der Waals surface area (Å²) in [6, 6.07) is 50.2. The van der Waals surface area contributed by atoms with Crippen LogP contribution in [0.5, 0.6) is 0 Å². The Balaban J connectivity index is 1.30. The summed E-state index contributed by atoms with van der Waals surface area (Å²) in [6.07, 6.45) is 0. The maximum atomic E-state index is 5.22. The van der Waals surface area contributed by atoms with Gasteiger partial charge in [-0.3, -0.25) is 0 Å². The fourth-order valence-corrected chi connectivity index (χ4v) is 8.01. The highest BCUT2D eigenvalue weighted by Crippen LogP contribution is 2.51. The number of benzene rings is 7. The van der Waals surface area contributed by atoms with E-state index < -0.39 is 0 Å². The quantitative estimate of drug-likeness (QED) is 0.188. The van der Waals surface area contributed by atoms with Crippen LogP contribution in [-0.4, -0.2) is 14.5 Å². The number of para-hydroxylation sites is 2. The largest absolute Gasteiger partial charge is 0.308 e. The van der Waals surface area contributed by atoms with E-state index in [-0.39, 0.29) is 5.41 Å². The topological polar surface area (TPSA) is 30.7 Å². The van der Waals surface area contributed by atoms with E-state index >= 15 is 0 Å². The third-order valence-corrected chi connectivity index (χ3v) is 10.2. The molecule has 7 aromatic carbocycles. The Bertz CT molecular complexity index is 2720. The Morgan fingerprint density at radius 2 is 1.13 bits per heavy atom. The standard InChI is InChI=1S/C43H29N3/c1-43(2)34-21-12-20-33-38-30-17-8-6-15-28(30)29-16-7-9-18-31(29)41(38)46(40(33)34)37-24-23-27(25-35(37)43)42-44-36-22-11-10-19-32(36)39(45-42)26-13-4-3-5-14-26/h3-25H,1-2H3. The van der Waals surface area contributed by atoms with Crippen LogP contribution in [0.15, 0.2) is 140 Å². The molecule has 0 unspecified atom stereocenters. The molecule has 2 aromatic heterocycles. The molecule has 0 fully saturated rings. The van der Waals surface area contributed by atoms with Gasteiger partial charge in [-0.2, -0.15) is 0 Å². The maximum Gasteiger partial charge on any atom is 0.160 e. The number of fused-ring (bicyclic) bond motifs is 11. The lowest BCUT2D eigenvalue weighted by atomic mass is 9.74. The molecule has 3 heterocycles. The van der Waals surface area contributed by atoms with E-state index in [1.54, 1.807) is 0 Å². The second-order valence-corrected chi connectivity index (χ2v) is 13.0. The highest BCUT2D eigenvalue weighted by atomic mass is 15.0. The average Bonchev–Trinajstić information content (AvgIpc) is 3.47. The molecule has 0 spiro atoms. The minimum absolute atomic E-state index is 0.236. The van der Waals surface area contributed by atoms with Gasteiger partial charge < -0.3 is 4.57 Å². The van der Waals surface area contributed by atoms with Gasteiger partial charge in [-0.25, -0.2) is 9.97 Å². The van der Waals surface area contributed by atoms with E-state index in [1.165, 1.54) is 60.2 Å². The second kappa shape index (κ2) is 9.12. The highest BCUT2D eigenvalue weighted by molar-refractivity contribution is 6.32. The molecular weight excluding hydrogens is 558 g/mol. The van der Waals surface area contributed by atoms with E-state index in [2.05, 4.69) is 152 Å². The maximum absolute atomic E-state index is 5.22. The van der Waals surface area contributed by atoms with Crippen LogP contribution in [0.4, 0.5) is 0 Å². The van der Waals surface area contributed by atoms with Gasteiger partial charge in [0.25, 0.3) is 0 Å². The van der Waals surface area contributed by atoms with Crippen LogP contribution in [-0.2, 0) is 5.41 Å². The van der Waals surface area contributed by atoms with Crippen molar-refractivity contribution in [1.29, 1.82) is 0 Å². The second-order valence-electron chi connectivity index (χ2n) is 13.0. The molecule has 0 saturated carbocycles. The van der Waals surface area contributed by atoms with E-state index in [0.29, 0.717) is 0 Å². The Morgan fingerprint density at radius 3 is 1.93 bits per heavy atom. The number of hydrogen-bond acceptors (Lipinski definition) is 2. The lowest BCUT2D eigenvalue weighted by Crippen LogP contribution is -2.26. The minimum atomic E-state index is -0.236. The van der Waals surface area contributed by atoms with Crippen molar-refractivity contribution in [2.45, 2.75) is 19.3 Å². The molecule has 0 saturated heterocycles. The Labute approximate surface area is 266 Å². The van der Waals surface area contributed by atoms with Crippen molar-refractivity contribution in [3.05, 3.63) is 151 Å². The van der Waals surface area contributed by atoms with Crippen LogP contribution < -0.4 is 0 Å². The Hall–Kier alpha value is -5.80. The van der Waals surface area contributed by atoms with Crippen LogP contribution in [0.25, 0.3) is 82.6 Å². The van der Waals surface area contributed by atoms with Crippen LogP contribution in [0, 0.1) is 0 Å². The van der Waals surface area contributed by atoms with Gasteiger partial charge in [-0.05, 0) is 51.6 Å². The van der Waals surface area contributed by atoms with Crippen molar-refractivity contribution >= 4 is 54.3 Å². The fraction of sp³-hybridized carbons (Fsp3) is 0.0698.